The van der Waals surface area contributed by atoms with Crippen molar-refractivity contribution < 1.29 is 5.11 Å². The van der Waals surface area contributed by atoms with Gasteiger partial charge in [-0.05, 0) is 72.1 Å². The lowest BCUT2D eigenvalue weighted by Crippen LogP contribution is -2.11. The first kappa shape index (κ1) is 24.1. The fraction of sp³-hybridized carbons (Fsp3) is 0.0286. The van der Waals surface area contributed by atoms with E-state index in [2.05, 4.69) is 58.4 Å². The number of nitrogens with zero attached hydrogens (tertiary/aromatic N) is 3. The van der Waals surface area contributed by atoms with Crippen molar-refractivity contribution in [2.45, 2.75) is 6.42 Å². The summed E-state index contributed by atoms with van der Waals surface area (Å²) in [5.41, 5.74) is 7.54. The van der Waals surface area contributed by atoms with Crippen LogP contribution in [0.4, 0.5) is 17.2 Å². The van der Waals surface area contributed by atoms with Gasteiger partial charge in [-0.3, -0.25) is 4.90 Å². The molecule has 0 aliphatic carbocycles. The Labute approximate surface area is 228 Å². The van der Waals surface area contributed by atoms with Crippen molar-refractivity contribution in [1.82, 2.24) is 9.97 Å². The van der Waals surface area contributed by atoms with Gasteiger partial charge in [-0.25, -0.2) is 9.97 Å². The summed E-state index contributed by atoms with van der Waals surface area (Å²) in [6.07, 6.45) is 2.52. The van der Waals surface area contributed by atoms with Crippen LogP contribution in [0, 0.1) is 0 Å². The molecule has 4 heteroatoms. The van der Waals surface area contributed by atoms with Gasteiger partial charge in [0.15, 0.2) is 0 Å². The third-order valence-corrected chi connectivity index (χ3v) is 6.66. The number of phenols is 1. The first-order valence-electron chi connectivity index (χ1n) is 12.9. The van der Waals surface area contributed by atoms with Crippen LogP contribution in [-0.2, 0) is 6.42 Å². The number of benzene rings is 4. The summed E-state index contributed by atoms with van der Waals surface area (Å²) in [7, 11) is 0. The summed E-state index contributed by atoms with van der Waals surface area (Å²) in [4.78, 5) is 11.8. The molecular weight excluding hydrogens is 478 g/mol. The first-order valence-corrected chi connectivity index (χ1v) is 12.9. The van der Waals surface area contributed by atoms with E-state index in [1.165, 1.54) is 5.56 Å². The second-order valence-corrected chi connectivity index (χ2v) is 9.29. The monoisotopic (exact) mass is 505 g/mol. The molecule has 6 rings (SSSR count). The summed E-state index contributed by atoms with van der Waals surface area (Å²) < 4.78 is 0. The molecule has 4 aromatic carbocycles. The Morgan fingerprint density at radius 1 is 0.590 bits per heavy atom. The molecule has 0 saturated carbocycles. The molecule has 0 spiro atoms. The molecule has 0 fully saturated rings. The fourth-order valence-electron chi connectivity index (χ4n) is 4.86. The molecule has 0 aliphatic rings. The van der Waals surface area contributed by atoms with Crippen molar-refractivity contribution in [3.05, 3.63) is 157 Å². The summed E-state index contributed by atoms with van der Waals surface area (Å²) in [5, 5.41) is 10.9. The van der Waals surface area contributed by atoms with Gasteiger partial charge in [-0.2, -0.15) is 0 Å². The number of hydrogen-bond donors (Lipinski definition) is 1. The van der Waals surface area contributed by atoms with Crippen LogP contribution in [0.2, 0.25) is 0 Å². The van der Waals surface area contributed by atoms with E-state index in [1.807, 2.05) is 84.9 Å². The number of aromatic nitrogens is 2. The Bertz CT molecular complexity index is 1650. The zero-order chi connectivity index (χ0) is 26.4. The highest BCUT2D eigenvalue weighted by molar-refractivity contribution is 5.79. The van der Waals surface area contributed by atoms with Crippen LogP contribution < -0.4 is 4.90 Å². The predicted octanol–water partition coefficient (Wildman–Crippen LogP) is 8.58. The van der Waals surface area contributed by atoms with Gasteiger partial charge in [0.1, 0.15) is 11.6 Å². The lowest BCUT2D eigenvalue weighted by atomic mass is 9.96. The van der Waals surface area contributed by atoms with Crippen LogP contribution in [0.25, 0.3) is 22.5 Å². The van der Waals surface area contributed by atoms with Crippen molar-refractivity contribution in [3.63, 3.8) is 0 Å². The Kier molecular flexibility index (Phi) is 6.83. The molecule has 1 N–H and O–H groups in total. The number of phenolic OH excluding ortho intramolecular Hbond substituents is 1. The van der Waals surface area contributed by atoms with Gasteiger partial charge in [0.05, 0.1) is 11.4 Å². The van der Waals surface area contributed by atoms with E-state index in [-0.39, 0.29) is 5.75 Å². The fourth-order valence-corrected chi connectivity index (χ4v) is 4.86. The topological polar surface area (TPSA) is 49.2 Å². The van der Waals surface area contributed by atoms with E-state index in [4.69, 9.17) is 4.98 Å². The van der Waals surface area contributed by atoms with Gasteiger partial charge in [0.2, 0.25) is 0 Å². The first-order chi connectivity index (χ1) is 19.3. The number of para-hydroxylation sites is 1. The predicted molar refractivity (Wildman–Crippen MR) is 158 cm³/mol. The molecule has 188 valence electrons. The lowest BCUT2D eigenvalue weighted by molar-refractivity contribution is 0.476. The summed E-state index contributed by atoms with van der Waals surface area (Å²) >= 11 is 0. The van der Waals surface area contributed by atoms with Gasteiger partial charge in [-0.1, -0.05) is 84.9 Å². The Balaban J connectivity index is 1.40. The van der Waals surface area contributed by atoms with Gasteiger partial charge < -0.3 is 5.11 Å². The minimum atomic E-state index is 0.229. The SMILES string of the molecule is Oc1cccc(Cc2ccccc2)c1-c1cccc(-c2cccc(N(c3ccccc3)c3ccccn3)c2)n1. The zero-order valence-corrected chi connectivity index (χ0v) is 21.4. The summed E-state index contributed by atoms with van der Waals surface area (Å²) in [6, 6.07) is 46.4. The number of aromatic hydroxyl groups is 1. The number of rotatable bonds is 7. The maximum atomic E-state index is 10.9. The average Bonchev–Trinajstić information content (AvgIpc) is 2.99. The molecule has 0 radical (unpaired) electrons. The smallest absolute Gasteiger partial charge is 0.137 e. The molecule has 39 heavy (non-hydrogen) atoms. The molecule has 2 aromatic heterocycles. The molecule has 0 saturated heterocycles. The number of anilines is 3. The van der Waals surface area contributed by atoms with E-state index >= 15 is 0 Å². The Morgan fingerprint density at radius 2 is 1.28 bits per heavy atom. The molecule has 0 bridgehead atoms. The minimum absolute atomic E-state index is 0.229. The van der Waals surface area contributed by atoms with Crippen LogP contribution in [0.5, 0.6) is 5.75 Å². The molecule has 6 aromatic rings. The molecule has 0 atom stereocenters. The van der Waals surface area contributed by atoms with Gasteiger partial charge in [-0.15, -0.1) is 0 Å². The molecule has 2 heterocycles. The van der Waals surface area contributed by atoms with Crippen LogP contribution in [0.1, 0.15) is 11.1 Å². The summed E-state index contributed by atoms with van der Waals surface area (Å²) in [5.74, 6) is 1.06. The number of pyridine rings is 2. The minimum Gasteiger partial charge on any atom is -0.507 e. The molecule has 0 amide bonds. The largest absolute Gasteiger partial charge is 0.507 e. The van der Waals surface area contributed by atoms with Crippen molar-refractivity contribution >= 4 is 17.2 Å². The van der Waals surface area contributed by atoms with Crippen LogP contribution in [0.15, 0.2) is 146 Å². The zero-order valence-electron chi connectivity index (χ0n) is 21.4. The van der Waals surface area contributed by atoms with Crippen molar-refractivity contribution in [2.75, 3.05) is 4.90 Å². The standard InChI is InChI=1S/C35H27N3O/c39-33-21-10-15-28(24-26-12-3-1-4-13-26)35(33)32-20-11-19-31(37-32)27-14-9-18-30(25-27)38(29-16-5-2-6-17-29)34-22-7-8-23-36-34/h1-23,25,39H,24H2. The highest BCUT2D eigenvalue weighted by Crippen LogP contribution is 2.37. The van der Waals surface area contributed by atoms with Gasteiger partial charge in [0, 0.05) is 28.7 Å². The third kappa shape index (κ3) is 5.27. The second-order valence-electron chi connectivity index (χ2n) is 9.29. The van der Waals surface area contributed by atoms with Gasteiger partial charge in [0.25, 0.3) is 0 Å². The highest BCUT2D eigenvalue weighted by Gasteiger charge is 2.16. The van der Waals surface area contributed by atoms with E-state index in [1.54, 1.807) is 12.3 Å². The maximum Gasteiger partial charge on any atom is 0.137 e. The second kappa shape index (κ2) is 11.0. The Hall–Kier alpha value is -5.22. The molecular formula is C35H27N3O. The highest BCUT2D eigenvalue weighted by atomic mass is 16.3. The Morgan fingerprint density at radius 3 is 2.08 bits per heavy atom. The van der Waals surface area contributed by atoms with E-state index in [0.29, 0.717) is 6.42 Å². The quantitative estimate of drug-likeness (QED) is 0.236. The molecule has 0 unspecified atom stereocenters. The third-order valence-electron chi connectivity index (χ3n) is 6.66. The van der Waals surface area contributed by atoms with Crippen LogP contribution in [-0.4, -0.2) is 15.1 Å². The lowest BCUT2D eigenvalue weighted by Gasteiger charge is -2.24. The van der Waals surface area contributed by atoms with E-state index in [0.717, 1.165) is 45.3 Å². The van der Waals surface area contributed by atoms with Crippen molar-refractivity contribution in [3.8, 4) is 28.3 Å². The normalized spacial score (nSPS) is 10.8. The van der Waals surface area contributed by atoms with Crippen LogP contribution >= 0.6 is 0 Å². The van der Waals surface area contributed by atoms with Gasteiger partial charge >= 0.3 is 0 Å². The van der Waals surface area contributed by atoms with E-state index < -0.39 is 0 Å². The average molecular weight is 506 g/mol. The maximum absolute atomic E-state index is 10.9. The van der Waals surface area contributed by atoms with Crippen LogP contribution in [0.3, 0.4) is 0 Å². The number of hydrogen-bond acceptors (Lipinski definition) is 4. The van der Waals surface area contributed by atoms with Crippen molar-refractivity contribution in [1.29, 1.82) is 0 Å². The molecule has 4 nitrogen and oxygen atoms in total. The van der Waals surface area contributed by atoms with E-state index in [9.17, 15) is 5.11 Å². The summed E-state index contributed by atoms with van der Waals surface area (Å²) in [6.45, 7) is 0. The molecule has 0 aliphatic heterocycles. The van der Waals surface area contributed by atoms with Crippen molar-refractivity contribution in [2.24, 2.45) is 0 Å².